The summed E-state index contributed by atoms with van der Waals surface area (Å²) in [5.74, 6) is 1.41. The van der Waals surface area contributed by atoms with Gasteiger partial charge in [-0.25, -0.2) is 4.98 Å². The molecule has 0 saturated carbocycles. The molecule has 4 aromatic rings. The molecule has 0 aliphatic carbocycles. The first kappa shape index (κ1) is 24.4. The minimum absolute atomic E-state index is 0.0629. The number of rotatable bonds is 9. The normalized spacial score (nSPS) is 11.2. The fourth-order valence-electron chi connectivity index (χ4n) is 3.40. The third kappa shape index (κ3) is 6.24. The first-order valence-electron chi connectivity index (χ1n) is 10.9. The summed E-state index contributed by atoms with van der Waals surface area (Å²) >= 11 is 1.24. The van der Waals surface area contributed by atoms with Gasteiger partial charge in [-0.3, -0.25) is 10.1 Å². The van der Waals surface area contributed by atoms with Gasteiger partial charge in [-0.15, -0.1) is 11.3 Å². The van der Waals surface area contributed by atoms with E-state index >= 15 is 0 Å². The molecule has 4 rings (SSSR count). The highest BCUT2D eigenvalue weighted by molar-refractivity contribution is 7.14. The second kappa shape index (κ2) is 10.7. The lowest BCUT2D eigenvalue weighted by Gasteiger charge is -2.14. The van der Waals surface area contributed by atoms with Crippen LogP contribution < -0.4 is 14.8 Å². The van der Waals surface area contributed by atoms with Crippen molar-refractivity contribution in [2.45, 2.75) is 39.9 Å². The number of nitrogens with one attached hydrogen (secondary N) is 1. The SMILES string of the molecule is Cc1ccc(C(C)C)c(OCc2ccc(C(=O)Nc3nc(-c4ccc(OC(F)F)cc4)cs3)o2)c1. The van der Waals surface area contributed by atoms with Crippen LogP contribution in [0, 0.1) is 6.92 Å². The van der Waals surface area contributed by atoms with Gasteiger partial charge < -0.3 is 13.9 Å². The fourth-order valence-corrected chi connectivity index (χ4v) is 4.11. The molecule has 0 fully saturated rings. The van der Waals surface area contributed by atoms with Crippen LogP contribution in [-0.4, -0.2) is 17.5 Å². The van der Waals surface area contributed by atoms with E-state index in [9.17, 15) is 13.6 Å². The number of thiazole rings is 1. The number of hydrogen-bond donors (Lipinski definition) is 1. The zero-order valence-electron chi connectivity index (χ0n) is 19.4. The molecule has 0 unspecified atom stereocenters. The zero-order chi connectivity index (χ0) is 24.9. The summed E-state index contributed by atoms with van der Waals surface area (Å²) in [6.45, 7) is 3.54. The minimum atomic E-state index is -2.88. The van der Waals surface area contributed by atoms with Crippen LogP contribution in [0.2, 0.25) is 0 Å². The summed E-state index contributed by atoms with van der Waals surface area (Å²) in [7, 11) is 0. The number of aryl methyl sites for hydroxylation is 1. The molecule has 1 N–H and O–H groups in total. The Bertz CT molecular complexity index is 1300. The minimum Gasteiger partial charge on any atom is -0.485 e. The Balaban J connectivity index is 1.37. The van der Waals surface area contributed by atoms with E-state index in [2.05, 4.69) is 41.0 Å². The van der Waals surface area contributed by atoms with Crippen LogP contribution in [-0.2, 0) is 6.61 Å². The van der Waals surface area contributed by atoms with Gasteiger partial charge in [0.15, 0.2) is 10.9 Å². The molecular formula is C26H24F2N2O4S. The van der Waals surface area contributed by atoms with Crippen LogP contribution in [0.15, 0.2) is 64.4 Å². The first-order valence-corrected chi connectivity index (χ1v) is 11.8. The Morgan fingerprint density at radius 1 is 1.11 bits per heavy atom. The van der Waals surface area contributed by atoms with Gasteiger partial charge >= 0.3 is 6.61 Å². The topological polar surface area (TPSA) is 73.6 Å². The second-order valence-corrected chi connectivity index (χ2v) is 9.00. The molecule has 9 heteroatoms. The van der Waals surface area contributed by atoms with Crippen molar-refractivity contribution in [3.63, 3.8) is 0 Å². The van der Waals surface area contributed by atoms with E-state index in [1.165, 1.54) is 23.5 Å². The molecule has 2 aromatic heterocycles. The summed E-state index contributed by atoms with van der Waals surface area (Å²) in [5.41, 5.74) is 3.51. The van der Waals surface area contributed by atoms with Crippen LogP contribution in [0.25, 0.3) is 11.3 Å². The lowest BCUT2D eigenvalue weighted by molar-refractivity contribution is -0.0498. The molecule has 0 atom stereocenters. The van der Waals surface area contributed by atoms with E-state index in [0.717, 1.165) is 16.9 Å². The predicted octanol–water partition coefficient (Wildman–Crippen LogP) is 7.27. The number of ether oxygens (including phenoxy) is 2. The number of benzene rings is 2. The summed E-state index contributed by atoms with van der Waals surface area (Å²) in [5, 5.41) is 4.86. The second-order valence-electron chi connectivity index (χ2n) is 8.15. The van der Waals surface area contributed by atoms with Crippen molar-refractivity contribution in [2.24, 2.45) is 0 Å². The smallest absolute Gasteiger partial charge is 0.387 e. The number of alkyl halides is 2. The molecule has 35 heavy (non-hydrogen) atoms. The van der Waals surface area contributed by atoms with E-state index in [1.807, 2.05) is 13.0 Å². The maximum absolute atomic E-state index is 12.6. The van der Waals surface area contributed by atoms with Crippen LogP contribution in [0.5, 0.6) is 11.5 Å². The molecule has 0 spiro atoms. The number of nitrogens with zero attached hydrogens (tertiary/aromatic N) is 1. The van der Waals surface area contributed by atoms with Gasteiger partial charge in [0.2, 0.25) is 0 Å². The van der Waals surface area contributed by atoms with E-state index in [-0.39, 0.29) is 18.1 Å². The molecule has 182 valence electrons. The number of furan rings is 1. The average molecular weight is 499 g/mol. The Morgan fingerprint density at radius 3 is 2.60 bits per heavy atom. The number of amides is 1. The van der Waals surface area contributed by atoms with Gasteiger partial charge in [0.1, 0.15) is 23.9 Å². The number of aromatic nitrogens is 1. The van der Waals surface area contributed by atoms with Gasteiger partial charge in [0, 0.05) is 10.9 Å². The van der Waals surface area contributed by atoms with Crippen molar-refractivity contribution in [1.29, 1.82) is 0 Å². The van der Waals surface area contributed by atoms with Crippen molar-refractivity contribution < 1.29 is 27.5 Å². The van der Waals surface area contributed by atoms with E-state index in [0.29, 0.717) is 28.1 Å². The van der Waals surface area contributed by atoms with Crippen molar-refractivity contribution in [3.05, 3.63) is 82.6 Å². The predicted molar refractivity (Wildman–Crippen MR) is 130 cm³/mol. The molecule has 1 amide bonds. The first-order chi connectivity index (χ1) is 16.8. The summed E-state index contributed by atoms with van der Waals surface area (Å²) in [6.07, 6.45) is 0. The molecule has 0 saturated heterocycles. The van der Waals surface area contributed by atoms with Gasteiger partial charge in [-0.2, -0.15) is 8.78 Å². The fraction of sp³-hybridized carbons (Fsp3) is 0.231. The lowest BCUT2D eigenvalue weighted by Crippen LogP contribution is -2.10. The number of halogens is 2. The van der Waals surface area contributed by atoms with Crippen LogP contribution in [0.1, 0.15) is 47.2 Å². The highest BCUT2D eigenvalue weighted by Crippen LogP contribution is 2.29. The molecule has 2 heterocycles. The molecular weight excluding hydrogens is 474 g/mol. The largest absolute Gasteiger partial charge is 0.485 e. The standard InChI is InChI=1S/C26H24F2N2O4S/c1-15(2)20-10-4-16(3)12-23(20)32-13-19-9-11-22(33-19)24(31)30-26-29-21(14-35-26)17-5-7-18(8-6-17)34-25(27)28/h4-12,14-15,25H,13H2,1-3H3,(H,29,30,31). The highest BCUT2D eigenvalue weighted by atomic mass is 32.1. The summed E-state index contributed by atoms with van der Waals surface area (Å²) < 4.78 is 40.6. The number of carbonyl (C=O) groups is 1. The lowest BCUT2D eigenvalue weighted by atomic mass is 10.0. The quantitative estimate of drug-likeness (QED) is 0.263. The Hall–Kier alpha value is -3.72. The maximum atomic E-state index is 12.6. The molecule has 0 aliphatic rings. The maximum Gasteiger partial charge on any atom is 0.387 e. The highest BCUT2D eigenvalue weighted by Gasteiger charge is 2.15. The van der Waals surface area contributed by atoms with Crippen molar-refractivity contribution in [2.75, 3.05) is 5.32 Å². The molecule has 6 nitrogen and oxygen atoms in total. The van der Waals surface area contributed by atoms with E-state index in [1.54, 1.807) is 29.6 Å². The molecule has 2 aromatic carbocycles. The Kier molecular flexibility index (Phi) is 7.45. The third-order valence-electron chi connectivity index (χ3n) is 5.15. The van der Waals surface area contributed by atoms with Gasteiger partial charge in [0.05, 0.1) is 5.69 Å². The molecule has 0 aliphatic heterocycles. The van der Waals surface area contributed by atoms with E-state index < -0.39 is 12.5 Å². The van der Waals surface area contributed by atoms with Crippen molar-refractivity contribution in [3.8, 4) is 22.8 Å². The average Bonchev–Trinajstić information content (AvgIpc) is 3.47. The van der Waals surface area contributed by atoms with Gasteiger partial charge in [-0.1, -0.05) is 26.0 Å². The van der Waals surface area contributed by atoms with Crippen molar-refractivity contribution in [1.82, 2.24) is 4.98 Å². The zero-order valence-corrected chi connectivity index (χ0v) is 20.2. The third-order valence-corrected chi connectivity index (χ3v) is 5.90. The number of hydrogen-bond acceptors (Lipinski definition) is 6. The Labute approximate surface area is 205 Å². The Morgan fingerprint density at radius 2 is 1.89 bits per heavy atom. The van der Waals surface area contributed by atoms with Gasteiger partial charge in [-0.05, 0) is 66.4 Å². The van der Waals surface area contributed by atoms with Gasteiger partial charge in [0.25, 0.3) is 5.91 Å². The summed E-state index contributed by atoms with van der Waals surface area (Å²) in [6, 6.07) is 15.5. The molecule has 0 radical (unpaired) electrons. The number of anilines is 1. The van der Waals surface area contributed by atoms with Crippen LogP contribution >= 0.6 is 11.3 Å². The monoisotopic (exact) mass is 498 g/mol. The van der Waals surface area contributed by atoms with Crippen molar-refractivity contribution >= 4 is 22.4 Å². The van der Waals surface area contributed by atoms with Crippen LogP contribution in [0.3, 0.4) is 0 Å². The summed E-state index contributed by atoms with van der Waals surface area (Å²) in [4.78, 5) is 17.0. The van der Waals surface area contributed by atoms with Crippen LogP contribution in [0.4, 0.5) is 13.9 Å². The number of carbonyl (C=O) groups excluding carboxylic acids is 1. The van der Waals surface area contributed by atoms with E-state index in [4.69, 9.17) is 9.15 Å². The molecule has 0 bridgehead atoms.